The first kappa shape index (κ1) is 25.6. The van der Waals surface area contributed by atoms with Crippen molar-refractivity contribution >= 4 is 78.0 Å². The fourth-order valence-electron chi connectivity index (χ4n) is 3.43. The van der Waals surface area contributed by atoms with Crippen LogP contribution < -0.4 is 4.90 Å². The standard InChI is InChI=1S/C23H21BrClN3O5S2/c1-12-8-14(28(30)31)19(32-11-12)21-17(24)18-20(35-21)15(9-16(25)26-18)27(10-13-6-5-7-34-13)22(29)33-23(2,3)4/h5-7,9H,1,8,10-11H2,2-4H3. The Morgan fingerprint density at radius 2 is 2.20 bits per heavy atom. The van der Waals surface area contributed by atoms with Crippen LogP contribution in [0.2, 0.25) is 5.15 Å². The molecule has 1 aliphatic heterocycles. The number of amides is 1. The number of fused-ring (bicyclic) bond motifs is 1. The summed E-state index contributed by atoms with van der Waals surface area (Å²) in [5, 5.41) is 13.8. The van der Waals surface area contributed by atoms with Crippen molar-refractivity contribution in [2.45, 2.75) is 39.3 Å². The molecule has 3 aromatic heterocycles. The molecule has 0 fully saturated rings. The van der Waals surface area contributed by atoms with E-state index in [0.717, 1.165) is 4.88 Å². The molecule has 184 valence electrons. The molecule has 12 heteroatoms. The number of pyridine rings is 1. The predicted octanol–water partition coefficient (Wildman–Crippen LogP) is 7.64. The predicted molar refractivity (Wildman–Crippen MR) is 143 cm³/mol. The topological polar surface area (TPSA) is 94.8 Å². The zero-order valence-electron chi connectivity index (χ0n) is 19.1. The van der Waals surface area contributed by atoms with Crippen LogP contribution in [0.3, 0.4) is 0 Å². The highest BCUT2D eigenvalue weighted by molar-refractivity contribution is 9.10. The summed E-state index contributed by atoms with van der Waals surface area (Å²) in [6.07, 6.45) is -0.442. The summed E-state index contributed by atoms with van der Waals surface area (Å²) >= 11 is 12.7. The Kier molecular flexibility index (Phi) is 7.23. The monoisotopic (exact) mass is 597 g/mol. The average molecular weight is 599 g/mol. The number of hydrogen-bond acceptors (Lipinski definition) is 8. The molecular formula is C23H21BrClN3O5S2. The second-order valence-corrected chi connectivity index (χ2v) is 12.0. The fourth-order valence-corrected chi connectivity index (χ4v) is 6.33. The molecule has 1 aliphatic rings. The van der Waals surface area contributed by atoms with Crippen molar-refractivity contribution in [1.29, 1.82) is 0 Å². The maximum Gasteiger partial charge on any atom is 0.415 e. The summed E-state index contributed by atoms with van der Waals surface area (Å²) in [6, 6.07) is 5.43. The van der Waals surface area contributed by atoms with Gasteiger partial charge >= 0.3 is 6.09 Å². The number of carbonyl (C=O) groups is 1. The molecule has 0 aliphatic carbocycles. The maximum absolute atomic E-state index is 13.3. The second-order valence-electron chi connectivity index (χ2n) is 8.78. The van der Waals surface area contributed by atoms with Gasteiger partial charge in [-0.3, -0.25) is 15.0 Å². The van der Waals surface area contributed by atoms with Crippen LogP contribution in [0.4, 0.5) is 10.5 Å². The quantitative estimate of drug-likeness (QED) is 0.130. The van der Waals surface area contributed by atoms with E-state index >= 15 is 0 Å². The molecule has 0 unspecified atom stereocenters. The Morgan fingerprint density at radius 1 is 1.46 bits per heavy atom. The van der Waals surface area contributed by atoms with Gasteiger partial charge in [-0.05, 0) is 53.7 Å². The number of rotatable bonds is 5. The Labute approximate surface area is 223 Å². The minimum Gasteiger partial charge on any atom is -0.482 e. The van der Waals surface area contributed by atoms with Gasteiger partial charge < -0.3 is 9.47 Å². The van der Waals surface area contributed by atoms with E-state index in [4.69, 9.17) is 21.1 Å². The van der Waals surface area contributed by atoms with Gasteiger partial charge in [-0.15, -0.1) is 22.7 Å². The Morgan fingerprint density at radius 3 is 2.83 bits per heavy atom. The van der Waals surface area contributed by atoms with Crippen molar-refractivity contribution in [2.75, 3.05) is 11.5 Å². The third-order valence-electron chi connectivity index (χ3n) is 4.86. The van der Waals surface area contributed by atoms with Crippen LogP contribution in [0.5, 0.6) is 0 Å². The molecule has 1 amide bonds. The summed E-state index contributed by atoms with van der Waals surface area (Å²) in [6.45, 7) is 9.63. The molecule has 4 rings (SSSR count). The van der Waals surface area contributed by atoms with Crippen LogP contribution in [0, 0.1) is 10.1 Å². The molecular weight excluding hydrogens is 578 g/mol. The number of aromatic nitrogens is 1. The molecule has 35 heavy (non-hydrogen) atoms. The first-order valence-electron chi connectivity index (χ1n) is 10.4. The van der Waals surface area contributed by atoms with Crippen LogP contribution in [0.25, 0.3) is 16.0 Å². The number of nitrogens with zero attached hydrogens (tertiary/aromatic N) is 3. The molecule has 0 N–H and O–H groups in total. The normalized spacial score (nSPS) is 14.3. The van der Waals surface area contributed by atoms with Crippen LogP contribution in [-0.2, 0) is 16.0 Å². The van der Waals surface area contributed by atoms with Gasteiger partial charge in [0.05, 0.1) is 43.1 Å². The van der Waals surface area contributed by atoms with Crippen molar-refractivity contribution in [3.05, 3.63) is 70.9 Å². The molecule has 8 nitrogen and oxygen atoms in total. The summed E-state index contributed by atoms with van der Waals surface area (Å²) in [4.78, 5) is 32.0. The molecule has 4 heterocycles. The summed E-state index contributed by atoms with van der Waals surface area (Å²) in [5.41, 5.74) is 0.778. The highest BCUT2D eigenvalue weighted by Gasteiger charge is 2.33. The van der Waals surface area contributed by atoms with Gasteiger partial charge in [0.1, 0.15) is 17.4 Å². The van der Waals surface area contributed by atoms with Gasteiger partial charge in [0.15, 0.2) is 0 Å². The minimum absolute atomic E-state index is 0.0799. The van der Waals surface area contributed by atoms with E-state index in [-0.39, 0.29) is 36.2 Å². The number of carbonyl (C=O) groups excluding carboxylic acids is 1. The van der Waals surface area contributed by atoms with Crippen LogP contribution in [0.15, 0.2) is 45.9 Å². The Bertz CT molecular complexity index is 1360. The second kappa shape index (κ2) is 9.88. The molecule has 0 aromatic carbocycles. The zero-order chi connectivity index (χ0) is 25.5. The summed E-state index contributed by atoms with van der Waals surface area (Å²) < 4.78 is 12.6. The van der Waals surface area contributed by atoms with Gasteiger partial charge in [-0.2, -0.15) is 0 Å². The van der Waals surface area contributed by atoms with E-state index in [1.165, 1.54) is 27.6 Å². The lowest BCUT2D eigenvalue weighted by Crippen LogP contribution is -2.36. The lowest BCUT2D eigenvalue weighted by atomic mass is 10.1. The summed E-state index contributed by atoms with van der Waals surface area (Å²) in [5.74, 6) is 0.154. The van der Waals surface area contributed by atoms with Gasteiger partial charge in [-0.1, -0.05) is 24.2 Å². The van der Waals surface area contributed by atoms with Crippen LogP contribution in [0.1, 0.15) is 36.9 Å². The molecule has 3 aromatic rings. The SMILES string of the molecule is C=C1COC(c2sc3c(N(Cc4cccs4)C(=O)OC(C)(C)C)cc(Cl)nc3c2Br)=C([N+](=O)[O-])C1. The largest absolute Gasteiger partial charge is 0.482 e. The number of hydrogen-bond donors (Lipinski definition) is 0. The van der Waals surface area contributed by atoms with E-state index in [1.807, 2.05) is 17.5 Å². The van der Waals surface area contributed by atoms with E-state index in [1.54, 1.807) is 26.8 Å². The van der Waals surface area contributed by atoms with Crippen molar-refractivity contribution in [3.63, 3.8) is 0 Å². The molecule has 0 radical (unpaired) electrons. The lowest BCUT2D eigenvalue weighted by Gasteiger charge is -2.27. The minimum atomic E-state index is -0.717. The molecule has 0 saturated heterocycles. The van der Waals surface area contributed by atoms with Gasteiger partial charge in [0.2, 0.25) is 5.76 Å². The van der Waals surface area contributed by atoms with Crippen LogP contribution in [-0.4, -0.2) is 28.2 Å². The van der Waals surface area contributed by atoms with Gasteiger partial charge in [0, 0.05) is 10.9 Å². The van der Waals surface area contributed by atoms with Crippen molar-refractivity contribution in [2.24, 2.45) is 0 Å². The van der Waals surface area contributed by atoms with E-state index in [0.29, 0.717) is 30.8 Å². The van der Waals surface area contributed by atoms with E-state index in [9.17, 15) is 14.9 Å². The first-order valence-corrected chi connectivity index (χ1v) is 13.3. The van der Waals surface area contributed by atoms with Crippen molar-refractivity contribution in [3.8, 4) is 0 Å². The third kappa shape index (κ3) is 5.53. The van der Waals surface area contributed by atoms with E-state index < -0.39 is 16.6 Å². The van der Waals surface area contributed by atoms with Gasteiger partial charge in [-0.25, -0.2) is 9.78 Å². The third-order valence-corrected chi connectivity index (χ3v) is 8.15. The van der Waals surface area contributed by atoms with E-state index in [2.05, 4.69) is 27.5 Å². The maximum atomic E-state index is 13.3. The zero-order valence-corrected chi connectivity index (χ0v) is 23.1. The Hall–Kier alpha value is -2.47. The van der Waals surface area contributed by atoms with Crippen LogP contribution >= 0.6 is 50.2 Å². The number of nitro groups is 1. The highest BCUT2D eigenvalue weighted by Crippen LogP contribution is 2.46. The van der Waals surface area contributed by atoms with Gasteiger partial charge in [0.25, 0.3) is 5.70 Å². The Balaban J connectivity index is 1.91. The lowest BCUT2D eigenvalue weighted by molar-refractivity contribution is -0.428. The fraction of sp³-hybridized carbons (Fsp3) is 0.304. The smallest absolute Gasteiger partial charge is 0.415 e. The van der Waals surface area contributed by atoms with Crippen molar-refractivity contribution < 1.29 is 19.2 Å². The molecule has 0 spiro atoms. The van der Waals surface area contributed by atoms with Crippen molar-refractivity contribution in [1.82, 2.24) is 4.98 Å². The number of halogens is 2. The number of allylic oxidation sites excluding steroid dienone is 1. The number of anilines is 1. The molecule has 0 atom stereocenters. The number of thiophene rings is 2. The highest BCUT2D eigenvalue weighted by atomic mass is 79.9. The summed E-state index contributed by atoms with van der Waals surface area (Å²) in [7, 11) is 0. The average Bonchev–Trinajstić information content (AvgIpc) is 3.38. The first-order chi connectivity index (χ1) is 16.4. The molecule has 0 saturated carbocycles. The molecule has 0 bridgehead atoms. The number of ether oxygens (including phenoxy) is 2.